The van der Waals surface area contributed by atoms with Crippen LogP contribution in [0.5, 0.6) is 0 Å². The van der Waals surface area contributed by atoms with Crippen LogP contribution in [0.15, 0.2) is 0 Å². The van der Waals surface area contributed by atoms with E-state index in [9.17, 15) is 0 Å². The molecule has 17 heavy (non-hydrogen) atoms. The monoisotopic (exact) mass is 257 g/mol. The van der Waals surface area contributed by atoms with Crippen LogP contribution in [0.3, 0.4) is 0 Å². The summed E-state index contributed by atoms with van der Waals surface area (Å²) >= 11 is 6.19. The molecule has 0 aliphatic heterocycles. The molecule has 1 heterocycles. The molecule has 0 saturated heterocycles. The van der Waals surface area contributed by atoms with Crippen molar-refractivity contribution in [1.82, 2.24) is 14.8 Å². The van der Waals surface area contributed by atoms with Gasteiger partial charge in [0.1, 0.15) is 5.82 Å². The fraction of sp³-hybridized carbons (Fsp3) is 0.846. The first kappa shape index (κ1) is 14.5. The van der Waals surface area contributed by atoms with Gasteiger partial charge in [0.15, 0.2) is 0 Å². The Balaban J connectivity index is 3.18. The summed E-state index contributed by atoms with van der Waals surface area (Å²) in [6, 6.07) is 0. The average molecular weight is 258 g/mol. The second kappa shape index (κ2) is 4.60. The topological polar surface area (TPSA) is 30.7 Å². The molecule has 0 N–H and O–H groups in total. The smallest absolute Gasteiger partial charge is 0.225 e. The fourth-order valence-corrected chi connectivity index (χ4v) is 2.94. The second-order valence-corrected chi connectivity index (χ2v) is 7.21. The van der Waals surface area contributed by atoms with Crippen molar-refractivity contribution in [1.29, 1.82) is 0 Å². The van der Waals surface area contributed by atoms with E-state index in [1.807, 2.05) is 0 Å². The Morgan fingerprint density at radius 1 is 1.12 bits per heavy atom. The van der Waals surface area contributed by atoms with Crippen LogP contribution in [0.2, 0.25) is 5.28 Å². The van der Waals surface area contributed by atoms with Gasteiger partial charge in [0.2, 0.25) is 5.28 Å². The lowest BCUT2D eigenvalue weighted by atomic mass is 9.81. The van der Waals surface area contributed by atoms with Gasteiger partial charge in [-0.05, 0) is 37.3 Å². The second-order valence-electron chi connectivity index (χ2n) is 6.87. The first-order valence-electron chi connectivity index (χ1n) is 6.16. The summed E-state index contributed by atoms with van der Waals surface area (Å²) in [4.78, 5) is 0. The van der Waals surface area contributed by atoms with Crippen molar-refractivity contribution in [3.8, 4) is 0 Å². The Morgan fingerprint density at radius 3 is 2.06 bits per heavy atom. The molecule has 1 aromatic heterocycles. The van der Waals surface area contributed by atoms with Crippen molar-refractivity contribution >= 4 is 11.6 Å². The van der Waals surface area contributed by atoms with E-state index < -0.39 is 0 Å². The van der Waals surface area contributed by atoms with Gasteiger partial charge >= 0.3 is 0 Å². The minimum absolute atomic E-state index is 0.0710. The summed E-state index contributed by atoms with van der Waals surface area (Å²) in [6.07, 6.45) is 1.03. The Bertz CT molecular complexity index is 386. The highest BCUT2D eigenvalue weighted by Gasteiger charge is 2.32. The summed E-state index contributed by atoms with van der Waals surface area (Å²) in [5.41, 5.74) is 0.170. The van der Waals surface area contributed by atoms with Crippen molar-refractivity contribution in [3.63, 3.8) is 0 Å². The number of halogens is 1. The third-order valence-corrected chi connectivity index (χ3v) is 2.98. The van der Waals surface area contributed by atoms with Crippen molar-refractivity contribution in [2.24, 2.45) is 5.41 Å². The fourth-order valence-electron chi connectivity index (χ4n) is 2.59. The largest absolute Gasteiger partial charge is 0.296 e. The number of rotatable bonds is 3. The van der Waals surface area contributed by atoms with Crippen molar-refractivity contribution < 1.29 is 0 Å². The standard InChI is InChI=1S/C13H24ClN3/c1-9(2)10-15-16-11(14)17(10)13(6,7)8-12(3,4)5/h9H,8H2,1-7H3. The number of aromatic nitrogens is 3. The van der Waals surface area contributed by atoms with Gasteiger partial charge in [-0.2, -0.15) is 0 Å². The predicted octanol–water partition coefficient (Wildman–Crippen LogP) is 4.23. The molecule has 0 radical (unpaired) electrons. The quantitative estimate of drug-likeness (QED) is 0.812. The van der Waals surface area contributed by atoms with E-state index in [1.54, 1.807) is 0 Å². The molecule has 0 aliphatic rings. The van der Waals surface area contributed by atoms with Gasteiger partial charge in [0, 0.05) is 11.5 Å². The van der Waals surface area contributed by atoms with Crippen LogP contribution in [0, 0.1) is 5.41 Å². The molecule has 4 heteroatoms. The lowest BCUT2D eigenvalue weighted by molar-refractivity contribution is 0.209. The third kappa shape index (κ3) is 3.44. The van der Waals surface area contributed by atoms with E-state index in [0.29, 0.717) is 11.2 Å². The van der Waals surface area contributed by atoms with E-state index >= 15 is 0 Å². The molecule has 0 unspecified atom stereocenters. The Morgan fingerprint density at radius 2 is 1.65 bits per heavy atom. The molecule has 0 aliphatic carbocycles. The van der Waals surface area contributed by atoms with Gasteiger partial charge in [0.25, 0.3) is 0 Å². The minimum atomic E-state index is -0.0710. The van der Waals surface area contributed by atoms with Crippen molar-refractivity contribution in [2.45, 2.75) is 66.3 Å². The molecule has 1 rings (SSSR count). The lowest BCUT2D eigenvalue weighted by Gasteiger charge is -2.35. The highest BCUT2D eigenvalue weighted by atomic mass is 35.5. The van der Waals surface area contributed by atoms with E-state index in [4.69, 9.17) is 11.6 Å². The summed E-state index contributed by atoms with van der Waals surface area (Å²) in [6.45, 7) is 15.3. The normalized spacial score (nSPS) is 13.5. The van der Waals surface area contributed by atoms with Crippen LogP contribution in [-0.4, -0.2) is 14.8 Å². The Labute approximate surface area is 110 Å². The zero-order valence-corrected chi connectivity index (χ0v) is 12.8. The molecule has 0 fully saturated rings. The Kier molecular flexibility index (Phi) is 3.92. The molecule has 98 valence electrons. The van der Waals surface area contributed by atoms with Crippen molar-refractivity contribution in [2.75, 3.05) is 0 Å². The maximum absolute atomic E-state index is 6.19. The van der Waals surface area contributed by atoms with Crippen LogP contribution in [0.25, 0.3) is 0 Å². The van der Waals surface area contributed by atoms with Gasteiger partial charge in [-0.1, -0.05) is 34.6 Å². The highest BCUT2D eigenvalue weighted by Crippen LogP contribution is 2.35. The van der Waals surface area contributed by atoms with Gasteiger partial charge in [0.05, 0.1) is 0 Å². The zero-order chi connectivity index (χ0) is 13.4. The highest BCUT2D eigenvalue weighted by molar-refractivity contribution is 6.28. The van der Waals surface area contributed by atoms with E-state index in [-0.39, 0.29) is 11.0 Å². The van der Waals surface area contributed by atoms with Crippen LogP contribution in [0.4, 0.5) is 0 Å². The zero-order valence-electron chi connectivity index (χ0n) is 12.0. The van der Waals surface area contributed by atoms with Crippen LogP contribution >= 0.6 is 11.6 Å². The van der Waals surface area contributed by atoms with Crippen molar-refractivity contribution in [3.05, 3.63) is 11.1 Å². The summed E-state index contributed by atoms with van der Waals surface area (Å²) < 4.78 is 2.07. The molecular formula is C13H24ClN3. The molecule has 0 amide bonds. The number of hydrogen-bond acceptors (Lipinski definition) is 2. The summed E-state index contributed by atoms with van der Waals surface area (Å²) in [5, 5.41) is 8.69. The van der Waals surface area contributed by atoms with E-state index in [2.05, 4.69) is 63.2 Å². The van der Waals surface area contributed by atoms with Gasteiger partial charge in [-0.15, -0.1) is 10.2 Å². The number of hydrogen-bond donors (Lipinski definition) is 0. The first-order chi connectivity index (χ1) is 7.54. The predicted molar refractivity (Wildman–Crippen MR) is 72.5 cm³/mol. The molecule has 0 spiro atoms. The van der Waals surface area contributed by atoms with Gasteiger partial charge < -0.3 is 0 Å². The minimum Gasteiger partial charge on any atom is -0.296 e. The molecule has 3 nitrogen and oxygen atoms in total. The lowest BCUT2D eigenvalue weighted by Crippen LogP contribution is -2.33. The maximum atomic E-state index is 6.19. The molecular weight excluding hydrogens is 234 g/mol. The summed E-state index contributed by atoms with van der Waals surface area (Å²) in [5.74, 6) is 1.29. The maximum Gasteiger partial charge on any atom is 0.225 e. The first-order valence-corrected chi connectivity index (χ1v) is 6.54. The SMILES string of the molecule is CC(C)c1nnc(Cl)n1C(C)(C)CC(C)(C)C. The van der Waals surface area contributed by atoms with Gasteiger partial charge in [-0.25, -0.2) is 0 Å². The van der Waals surface area contributed by atoms with Gasteiger partial charge in [-0.3, -0.25) is 4.57 Å². The van der Waals surface area contributed by atoms with E-state index in [0.717, 1.165) is 12.2 Å². The molecule has 0 aromatic carbocycles. The number of nitrogens with zero attached hydrogens (tertiary/aromatic N) is 3. The summed E-state index contributed by atoms with van der Waals surface area (Å²) in [7, 11) is 0. The molecule has 0 bridgehead atoms. The molecule has 0 saturated carbocycles. The van der Waals surface area contributed by atoms with E-state index in [1.165, 1.54) is 0 Å². The average Bonchev–Trinajstić information content (AvgIpc) is 2.42. The van der Waals surface area contributed by atoms with Crippen LogP contribution < -0.4 is 0 Å². The Hall–Kier alpha value is -0.570. The molecule has 1 aromatic rings. The van der Waals surface area contributed by atoms with Crippen LogP contribution in [0.1, 0.15) is 66.6 Å². The third-order valence-electron chi connectivity index (χ3n) is 2.73. The van der Waals surface area contributed by atoms with Crippen LogP contribution in [-0.2, 0) is 5.54 Å². The molecule has 0 atom stereocenters.